The average molecular weight is 436 g/mol. The van der Waals surface area contributed by atoms with Crippen LogP contribution in [-0.4, -0.2) is 75.2 Å². The molecule has 0 aliphatic carbocycles. The van der Waals surface area contributed by atoms with Crippen LogP contribution in [0.5, 0.6) is 11.5 Å². The number of sulfone groups is 1. The van der Waals surface area contributed by atoms with Crippen molar-refractivity contribution >= 4 is 27.3 Å². The summed E-state index contributed by atoms with van der Waals surface area (Å²) in [5.74, 6) is 2.47. The van der Waals surface area contributed by atoms with E-state index in [2.05, 4.69) is 25.5 Å². The van der Waals surface area contributed by atoms with Gasteiger partial charge in [0, 0.05) is 44.3 Å². The molecule has 1 aliphatic heterocycles. The highest BCUT2D eigenvalue weighted by Gasteiger charge is 2.29. The van der Waals surface area contributed by atoms with E-state index in [0.29, 0.717) is 37.0 Å². The van der Waals surface area contributed by atoms with Crippen LogP contribution in [0.2, 0.25) is 0 Å². The van der Waals surface area contributed by atoms with Crippen molar-refractivity contribution in [2.45, 2.75) is 18.1 Å². The van der Waals surface area contributed by atoms with Crippen LogP contribution in [0.25, 0.3) is 0 Å². The van der Waals surface area contributed by atoms with E-state index in [4.69, 9.17) is 9.47 Å². The molecule has 1 unspecified atom stereocenters. The van der Waals surface area contributed by atoms with E-state index in [9.17, 15) is 8.42 Å². The molecule has 0 amide bonds. The molecule has 30 heavy (non-hydrogen) atoms. The lowest BCUT2D eigenvalue weighted by Crippen LogP contribution is -2.27. The summed E-state index contributed by atoms with van der Waals surface area (Å²) in [6.07, 6.45) is 4.50. The lowest BCUT2D eigenvalue weighted by Gasteiger charge is -2.17. The van der Waals surface area contributed by atoms with Crippen LogP contribution in [0.4, 0.5) is 17.5 Å². The minimum atomic E-state index is -2.96. The van der Waals surface area contributed by atoms with Crippen LogP contribution in [-0.2, 0) is 9.84 Å². The van der Waals surface area contributed by atoms with Crippen molar-refractivity contribution in [2.24, 2.45) is 0 Å². The highest BCUT2D eigenvalue weighted by molar-refractivity contribution is 7.91. The van der Waals surface area contributed by atoms with Crippen LogP contribution in [0.1, 0.15) is 12.8 Å². The first-order valence-electron chi connectivity index (χ1n) is 9.89. The Balaban J connectivity index is 1.54. The molecule has 0 bridgehead atoms. The van der Waals surface area contributed by atoms with Crippen LogP contribution in [0.15, 0.2) is 30.5 Å². The summed E-state index contributed by atoms with van der Waals surface area (Å²) in [4.78, 5) is 10.7. The predicted octanol–water partition coefficient (Wildman–Crippen LogP) is 2.16. The Hall–Kier alpha value is -2.59. The lowest BCUT2D eigenvalue weighted by molar-refractivity contribution is 0.254. The van der Waals surface area contributed by atoms with E-state index in [1.54, 1.807) is 26.4 Å². The number of hydrogen-bond acceptors (Lipinski definition) is 9. The number of rotatable bonds is 10. The molecule has 3 rings (SSSR count). The van der Waals surface area contributed by atoms with Crippen molar-refractivity contribution in [3.8, 4) is 11.5 Å². The third-order valence-corrected chi connectivity index (χ3v) is 6.64. The Morgan fingerprint density at radius 3 is 2.80 bits per heavy atom. The molecule has 164 valence electrons. The molecule has 0 radical (unpaired) electrons. The molecule has 1 aliphatic rings. The van der Waals surface area contributed by atoms with Crippen LogP contribution in [0.3, 0.4) is 0 Å². The molecular weight excluding hydrogens is 406 g/mol. The fourth-order valence-corrected chi connectivity index (χ4v) is 4.39. The van der Waals surface area contributed by atoms with Gasteiger partial charge in [0.25, 0.3) is 0 Å². The van der Waals surface area contributed by atoms with Gasteiger partial charge in [0.05, 0.1) is 19.0 Å². The van der Waals surface area contributed by atoms with E-state index in [1.807, 2.05) is 18.2 Å². The maximum absolute atomic E-state index is 11.7. The smallest absolute Gasteiger partial charge is 0.229 e. The fourth-order valence-electron chi connectivity index (χ4n) is 3.37. The Morgan fingerprint density at radius 1 is 1.27 bits per heavy atom. The minimum absolute atomic E-state index is 0.245. The Labute approximate surface area is 177 Å². The number of nitrogens with zero attached hydrogens (tertiary/aromatic N) is 3. The zero-order valence-corrected chi connectivity index (χ0v) is 18.4. The van der Waals surface area contributed by atoms with Crippen LogP contribution in [0, 0.1) is 0 Å². The van der Waals surface area contributed by atoms with Crippen LogP contribution >= 0.6 is 0 Å². The van der Waals surface area contributed by atoms with Crippen molar-refractivity contribution in [2.75, 3.05) is 57.3 Å². The van der Waals surface area contributed by atoms with E-state index in [0.717, 1.165) is 31.0 Å². The summed E-state index contributed by atoms with van der Waals surface area (Å²) in [5, 5.41) is 5.89. The van der Waals surface area contributed by atoms with E-state index in [1.165, 1.54) is 6.26 Å². The maximum atomic E-state index is 11.7. The first kappa shape index (κ1) is 22.1. The number of anilines is 3. The van der Waals surface area contributed by atoms with Gasteiger partial charge in [-0.3, -0.25) is 0 Å². The average Bonchev–Trinajstić information content (AvgIpc) is 3.21. The number of ether oxygens (including phenoxy) is 2. The molecule has 10 heteroatoms. The van der Waals surface area contributed by atoms with Gasteiger partial charge in [0.15, 0.2) is 21.3 Å². The SMILES string of the molecule is CNc1ccnc(Nc2ccc(OC)c(OCCCN3CCC(S(C)(=O)=O)C3)c2)n1. The quantitative estimate of drug-likeness (QED) is 0.543. The van der Waals surface area contributed by atoms with Crippen LogP contribution < -0.4 is 20.1 Å². The summed E-state index contributed by atoms with van der Waals surface area (Å²) in [7, 11) is 0.438. The number of benzene rings is 1. The second-order valence-electron chi connectivity index (χ2n) is 7.25. The number of likely N-dealkylation sites (tertiary alicyclic amines) is 1. The van der Waals surface area contributed by atoms with Gasteiger partial charge in [-0.2, -0.15) is 4.98 Å². The summed E-state index contributed by atoms with van der Waals surface area (Å²) < 4.78 is 34.7. The molecule has 1 saturated heterocycles. The van der Waals surface area contributed by atoms with E-state index >= 15 is 0 Å². The molecule has 9 nitrogen and oxygen atoms in total. The second kappa shape index (κ2) is 9.94. The van der Waals surface area contributed by atoms with Gasteiger partial charge in [-0.1, -0.05) is 0 Å². The molecule has 2 aromatic rings. The first-order chi connectivity index (χ1) is 14.4. The number of hydrogen-bond donors (Lipinski definition) is 2. The molecule has 2 N–H and O–H groups in total. The Bertz CT molecular complexity index is 954. The van der Waals surface area contributed by atoms with Gasteiger partial charge in [0.2, 0.25) is 5.95 Å². The standard InChI is InChI=1S/C20H29N5O4S/c1-21-19-7-9-22-20(24-19)23-15-5-6-17(28-2)18(13-15)29-12-4-10-25-11-8-16(14-25)30(3,26)27/h5-7,9,13,16H,4,8,10-12,14H2,1-3H3,(H2,21,22,23,24). The van der Waals surface area contributed by atoms with Gasteiger partial charge < -0.3 is 25.0 Å². The van der Waals surface area contributed by atoms with E-state index in [-0.39, 0.29) is 5.25 Å². The van der Waals surface area contributed by atoms with Gasteiger partial charge >= 0.3 is 0 Å². The van der Waals surface area contributed by atoms with Gasteiger partial charge in [-0.05, 0) is 37.6 Å². The highest BCUT2D eigenvalue weighted by Crippen LogP contribution is 2.31. The summed E-state index contributed by atoms with van der Waals surface area (Å²) in [5.41, 5.74) is 0.787. The second-order valence-corrected chi connectivity index (χ2v) is 9.57. The first-order valence-corrected chi connectivity index (χ1v) is 11.8. The minimum Gasteiger partial charge on any atom is -0.493 e. The normalized spacial score (nSPS) is 17.0. The third kappa shape index (κ3) is 5.96. The molecule has 1 aromatic carbocycles. The molecule has 2 heterocycles. The number of methoxy groups -OCH3 is 1. The van der Waals surface area contributed by atoms with Gasteiger partial charge in [-0.25, -0.2) is 13.4 Å². The molecule has 0 spiro atoms. The van der Waals surface area contributed by atoms with Crippen molar-refractivity contribution in [3.05, 3.63) is 30.5 Å². The number of nitrogens with one attached hydrogen (secondary N) is 2. The topological polar surface area (TPSA) is 106 Å². The van der Waals surface area contributed by atoms with Crippen molar-refractivity contribution in [1.82, 2.24) is 14.9 Å². The zero-order chi connectivity index (χ0) is 21.6. The summed E-state index contributed by atoms with van der Waals surface area (Å²) in [6, 6.07) is 7.34. The summed E-state index contributed by atoms with van der Waals surface area (Å²) >= 11 is 0. The Kier molecular flexibility index (Phi) is 7.33. The predicted molar refractivity (Wildman–Crippen MR) is 118 cm³/mol. The van der Waals surface area contributed by atoms with E-state index < -0.39 is 9.84 Å². The van der Waals surface area contributed by atoms with Gasteiger partial charge in [0.1, 0.15) is 5.82 Å². The van der Waals surface area contributed by atoms with Crippen molar-refractivity contribution in [3.63, 3.8) is 0 Å². The summed E-state index contributed by atoms with van der Waals surface area (Å²) in [6.45, 7) is 2.72. The molecule has 0 saturated carbocycles. The lowest BCUT2D eigenvalue weighted by atomic mass is 10.2. The number of aromatic nitrogens is 2. The Morgan fingerprint density at radius 2 is 2.10 bits per heavy atom. The van der Waals surface area contributed by atoms with Crippen molar-refractivity contribution < 1.29 is 17.9 Å². The molecule has 1 aromatic heterocycles. The largest absolute Gasteiger partial charge is 0.493 e. The molecule has 1 fully saturated rings. The monoisotopic (exact) mass is 435 g/mol. The van der Waals surface area contributed by atoms with Gasteiger partial charge in [-0.15, -0.1) is 0 Å². The molecule has 1 atom stereocenters. The fraction of sp³-hybridized carbons (Fsp3) is 0.500. The molecular formula is C20H29N5O4S. The zero-order valence-electron chi connectivity index (χ0n) is 17.6. The highest BCUT2D eigenvalue weighted by atomic mass is 32.2. The third-order valence-electron chi connectivity index (χ3n) is 5.04. The maximum Gasteiger partial charge on any atom is 0.229 e. The van der Waals surface area contributed by atoms with Crippen molar-refractivity contribution in [1.29, 1.82) is 0 Å².